The van der Waals surface area contributed by atoms with Crippen molar-refractivity contribution >= 4 is 35.0 Å². The van der Waals surface area contributed by atoms with Gasteiger partial charge < -0.3 is 10.6 Å². The molecular weight excluding hydrogens is 374 g/mol. The zero-order valence-electron chi connectivity index (χ0n) is 15.0. The third-order valence-corrected chi connectivity index (χ3v) is 5.10. The second-order valence-electron chi connectivity index (χ2n) is 6.48. The van der Waals surface area contributed by atoms with Gasteiger partial charge in [0.15, 0.2) is 0 Å². The first-order chi connectivity index (χ1) is 13.7. The predicted molar refractivity (Wildman–Crippen MR) is 109 cm³/mol. The van der Waals surface area contributed by atoms with Gasteiger partial charge in [-0.1, -0.05) is 42.1 Å². The van der Waals surface area contributed by atoms with Crippen LogP contribution in [0.4, 0.5) is 11.4 Å². The van der Waals surface area contributed by atoms with E-state index in [-0.39, 0.29) is 17.6 Å². The van der Waals surface area contributed by atoms with Crippen molar-refractivity contribution in [3.63, 3.8) is 0 Å². The molecule has 142 valence electrons. The highest BCUT2D eigenvalue weighted by atomic mass is 32.2. The molecule has 3 aromatic rings. The van der Waals surface area contributed by atoms with Gasteiger partial charge in [0.1, 0.15) is 5.82 Å². The third kappa shape index (κ3) is 4.58. The lowest BCUT2D eigenvalue weighted by Crippen LogP contribution is -2.19. The molecule has 1 aliphatic rings. The van der Waals surface area contributed by atoms with E-state index in [0.717, 1.165) is 18.7 Å². The number of rotatable bonds is 7. The highest BCUT2D eigenvalue weighted by molar-refractivity contribution is 7.99. The summed E-state index contributed by atoms with van der Waals surface area (Å²) in [5.41, 5.74) is 1.56. The molecule has 0 radical (unpaired) electrons. The smallest absolute Gasteiger partial charge is 0.257 e. The van der Waals surface area contributed by atoms with Gasteiger partial charge >= 0.3 is 0 Å². The van der Waals surface area contributed by atoms with Crippen molar-refractivity contribution in [1.82, 2.24) is 15.2 Å². The summed E-state index contributed by atoms with van der Waals surface area (Å²) in [6, 6.07) is 16.1. The van der Waals surface area contributed by atoms with Crippen LogP contribution >= 0.6 is 11.8 Å². The van der Waals surface area contributed by atoms with Gasteiger partial charge in [0.2, 0.25) is 11.1 Å². The first-order valence-corrected chi connectivity index (χ1v) is 9.98. The summed E-state index contributed by atoms with van der Waals surface area (Å²) in [7, 11) is 0. The molecule has 1 aromatic heterocycles. The molecule has 3 N–H and O–H groups in total. The number of benzene rings is 2. The third-order valence-electron chi connectivity index (χ3n) is 4.26. The first kappa shape index (κ1) is 18.2. The minimum Gasteiger partial charge on any atom is -0.325 e. The van der Waals surface area contributed by atoms with Gasteiger partial charge in [0, 0.05) is 11.6 Å². The molecule has 0 saturated heterocycles. The lowest BCUT2D eigenvalue weighted by molar-refractivity contribution is -0.113. The highest BCUT2D eigenvalue weighted by Crippen LogP contribution is 2.38. The van der Waals surface area contributed by atoms with Crippen molar-refractivity contribution in [2.45, 2.75) is 23.9 Å². The Morgan fingerprint density at radius 3 is 2.57 bits per heavy atom. The van der Waals surface area contributed by atoms with Gasteiger partial charge in [0.05, 0.1) is 17.0 Å². The van der Waals surface area contributed by atoms with E-state index in [1.54, 1.807) is 24.3 Å². The summed E-state index contributed by atoms with van der Waals surface area (Å²) in [6.45, 7) is 0. The molecule has 1 fully saturated rings. The zero-order chi connectivity index (χ0) is 19.3. The maximum atomic E-state index is 12.6. The van der Waals surface area contributed by atoms with E-state index in [1.807, 2.05) is 30.3 Å². The number of anilines is 2. The topological polar surface area (TPSA) is 99.8 Å². The number of carbonyl (C=O) groups excluding carboxylic acids is 2. The molecule has 0 atom stereocenters. The van der Waals surface area contributed by atoms with Crippen LogP contribution in [0.3, 0.4) is 0 Å². The summed E-state index contributed by atoms with van der Waals surface area (Å²) in [5, 5.41) is 13.2. The molecule has 0 aliphatic heterocycles. The first-order valence-electron chi connectivity index (χ1n) is 8.99. The predicted octanol–water partition coefficient (Wildman–Crippen LogP) is 3.67. The number of para-hydroxylation sites is 2. The highest BCUT2D eigenvalue weighted by Gasteiger charge is 2.27. The molecule has 0 bridgehead atoms. The Morgan fingerprint density at radius 2 is 1.79 bits per heavy atom. The Kier molecular flexibility index (Phi) is 5.38. The number of nitrogens with zero attached hydrogens (tertiary/aromatic N) is 2. The number of aromatic nitrogens is 3. The molecule has 2 aromatic carbocycles. The fourth-order valence-electron chi connectivity index (χ4n) is 2.69. The second kappa shape index (κ2) is 8.26. The molecule has 0 unspecified atom stereocenters. The number of aromatic amines is 1. The van der Waals surface area contributed by atoms with Crippen molar-refractivity contribution in [1.29, 1.82) is 0 Å². The van der Waals surface area contributed by atoms with E-state index >= 15 is 0 Å². The summed E-state index contributed by atoms with van der Waals surface area (Å²) >= 11 is 1.26. The molecule has 1 saturated carbocycles. The van der Waals surface area contributed by atoms with Crippen molar-refractivity contribution in [2.24, 2.45) is 0 Å². The Bertz CT molecular complexity index is 985. The van der Waals surface area contributed by atoms with Crippen LogP contribution in [-0.2, 0) is 4.79 Å². The lowest BCUT2D eigenvalue weighted by Gasteiger charge is -2.11. The standard InChI is InChI=1S/C20H19N5O2S/c26-17(12-28-20-23-18(24-25-20)13-10-11-13)22-16-9-5-4-8-15(16)19(27)21-14-6-2-1-3-7-14/h1-9,13H,10-12H2,(H,21,27)(H,22,26)(H,23,24,25). The van der Waals surface area contributed by atoms with Gasteiger partial charge in [-0.15, -0.1) is 5.10 Å². The number of hydrogen-bond acceptors (Lipinski definition) is 5. The van der Waals surface area contributed by atoms with Crippen molar-refractivity contribution in [3.8, 4) is 0 Å². The number of H-pyrrole nitrogens is 1. The SMILES string of the molecule is O=C(CSc1n[nH]c(C2CC2)n1)Nc1ccccc1C(=O)Nc1ccccc1. The molecular formula is C20H19N5O2S. The van der Waals surface area contributed by atoms with E-state index in [2.05, 4.69) is 25.8 Å². The van der Waals surface area contributed by atoms with Crippen LogP contribution in [0.2, 0.25) is 0 Å². The summed E-state index contributed by atoms with van der Waals surface area (Å²) < 4.78 is 0. The largest absolute Gasteiger partial charge is 0.325 e. The van der Waals surface area contributed by atoms with Gasteiger partial charge in [-0.05, 0) is 37.1 Å². The van der Waals surface area contributed by atoms with Crippen LogP contribution in [0.15, 0.2) is 59.8 Å². The van der Waals surface area contributed by atoms with Crippen LogP contribution in [0.5, 0.6) is 0 Å². The number of thioether (sulfide) groups is 1. The molecule has 8 heteroatoms. The number of hydrogen-bond donors (Lipinski definition) is 3. The van der Waals surface area contributed by atoms with Crippen LogP contribution in [-0.4, -0.2) is 32.7 Å². The van der Waals surface area contributed by atoms with Crippen LogP contribution in [0.25, 0.3) is 0 Å². The molecule has 7 nitrogen and oxygen atoms in total. The van der Waals surface area contributed by atoms with Crippen LogP contribution < -0.4 is 10.6 Å². The van der Waals surface area contributed by atoms with E-state index in [0.29, 0.717) is 28.0 Å². The Labute approximate surface area is 166 Å². The van der Waals surface area contributed by atoms with E-state index in [1.165, 1.54) is 11.8 Å². The molecule has 28 heavy (non-hydrogen) atoms. The monoisotopic (exact) mass is 393 g/mol. The number of nitrogens with one attached hydrogen (secondary N) is 3. The zero-order valence-corrected chi connectivity index (χ0v) is 15.8. The maximum absolute atomic E-state index is 12.6. The average Bonchev–Trinajstić information content (AvgIpc) is 3.45. The Morgan fingerprint density at radius 1 is 1.04 bits per heavy atom. The quantitative estimate of drug-likeness (QED) is 0.532. The number of carbonyl (C=O) groups is 2. The van der Waals surface area contributed by atoms with Gasteiger partial charge in [-0.2, -0.15) is 0 Å². The van der Waals surface area contributed by atoms with Crippen LogP contribution in [0.1, 0.15) is 34.9 Å². The van der Waals surface area contributed by atoms with Crippen molar-refractivity contribution in [2.75, 3.05) is 16.4 Å². The second-order valence-corrected chi connectivity index (χ2v) is 7.42. The molecule has 1 aliphatic carbocycles. The lowest BCUT2D eigenvalue weighted by atomic mass is 10.1. The molecule has 4 rings (SSSR count). The average molecular weight is 393 g/mol. The van der Waals surface area contributed by atoms with Crippen molar-refractivity contribution < 1.29 is 9.59 Å². The molecule has 2 amide bonds. The summed E-state index contributed by atoms with van der Waals surface area (Å²) in [5.74, 6) is 1.05. The van der Waals surface area contributed by atoms with Crippen molar-refractivity contribution in [3.05, 3.63) is 66.0 Å². The van der Waals surface area contributed by atoms with Gasteiger partial charge in [-0.25, -0.2) is 4.98 Å². The number of amides is 2. The Hall–Kier alpha value is -3.13. The minimum atomic E-state index is -0.280. The normalized spacial score (nSPS) is 13.1. The van der Waals surface area contributed by atoms with Gasteiger partial charge in [-0.3, -0.25) is 14.7 Å². The molecule has 0 spiro atoms. The molecule has 1 heterocycles. The van der Waals surface area contributed by atoms with E-state index in [4.69, 9.17) is 0 Å². The maximum Gasteiger partial charge on any atom is 0.257 e. The summed E-state index contributed by atoms with van der Waals surface area (Å²) in [4.78, 5) is 29.3. The van der Waals surface area contributed by atoms with Crippen LogP contribution in [0, 0.1) is 0 Å². The fourth-order valence-corrected chi connectivity index (χ4v) is 3.29. The van der Waals surface area contributed by atoms with Gasteiger partial charge in [0.25, 0.3) is 5.91 Å². The minimum absolute atomic E-state index is 0.163. The Balaban J connectivity index is 1.37. The summed E-state index contributed by atoms with van der Waals surface area (Å²) in [6.07, 6.45) is 2.28. The van der Waals surface area contributed by atoms with E-state index < -0.39 is 0 Å². The fraction of sp³-hybridized carbons (Fsp3) is 0.200. The van der Waals surface area contributed by atoms with E-state index in [9.17, 15) is 9.59 Å².